The van der Waals surface area contributed by atoms with Crippen LogP contribution in [0.3, 0.4) is 0 Å². The largest absolute Gasteiger partial charge is 0.467 e. The zero-order valence-electron chi connectivity index (χ0n) is 17.8. The van der Waals surface area contributed by atoms with Gasteiger partial charge in [0.15, 0.2) is 0 Å². The van der Waals surface area contributed by atoms with E-state index in [-0.39, 0.29) is 17.4 Å². The molecule has 1 atom stereocenters. The van der Waals surface area contributed by atoms with E-state index in [9.17, 15) is 19.2 Å². The first-order valence-corrected chi connectivity index (χ1v) is 9.95. The van der Waals surface area contributed by atoms with Crippen LogP contribution in [0.25, 0.3) is 21.8 Å². The Hall–Kier alpha value is -4.14. The molecule has 4 rings (SSSR count). The second-order valence-electron chi connectivity index (χ2n) is 7.55. The van der Waals surface area contributed by atoms with Crippen molar-refractivity contribution in [2.45, 2.75) is 12.5 Å². The maximum Gasteiger partial charge on any atom is 0.330 e. The third-order valence-electron chi connectivity index (χ3n) is 5.62. The molecule has 164 valence electrons. The number of aromatic amines is 1. The van der Waals surface area contributed by atoms with Gasteiger partial charge in [0.1, 0.15) is 6.04 Å². The molecule has 2 aromatic carbocycles. The summed E-state index contributed by atoms with van der Waals surface area (Å²) in [6.07, 6.45) is 2.03. The van der Waals surface area contributed by atoms with Gasteiger partial charge in [-0.25, -0.2) is 9.59 Å². The van der Waals surface area contributed by atoms with Crippen LogP contribution in [0.5, 0.6) is 0 Å². The van der Waals surface area contributed by atoms with Crippen LogP contribution < -0.4 is 16.6 Å². The van der Waals surface area contributed by atoms with Crippen LogP contribution in [0, 0.1) is 0 Å². The van der Waals surface area contributed by atoms with Gasteiger partial charge in [-0.2, -0.15) is 0 Å². The number of H-pyrrole nitrogens is 1. The van der Waals surface area contributed by atoms with Gasteiger partial charge >= 0.3 is 11.7 Å². The number of aryl methyl sites for hydroxylation is 1. The maximum absolute atomic E-state index is 13.0. The summed E-state index contributed by atoms with van der Waals surface area (Å²) in [6.45, 7) is 0. The molecule has 9 heteroatoms. The van der Waals surface area contributed by atoms with Crippen LogP contribution in [0.4, 0.5) is 0 Å². The molecule has 4 aromatic rings. The molecule has 0 aliphatic heterocycles. The minimum atomic E-state index is -0.926. The van der Waals surface area contributed by atoms with Gasteiger partial charge in [-0.1, -0.05) is 18.2 Å². The SMILES string of the molecule is COC(=O)[C@@H](Cc1c[nH]c2ccccc12)NC(=O)c1ccc2c(c1)c(=O)n(C)c(=O)n2C. The van der Waals surface area contributed by atoms with Crippen LogP contribution >= 0.6 is 0 Å². The van der Waals surface area contributed by atoms with E-state index in [1.54, 1.807) is 19.3 Å². The molecular weight excluding hydrogens is 412 g/mol. The van der Waals surface area contributed by atoms with Gasteiger partial charge in [-0.15, -0.1) is 0 Å². The Kier molecular flexibility index (Phi) is 5.40. The van der Waals surface area contributed by atoms with Gasteiger partial charge in [0, 0.05) is 43.2 Å². The van der Waals surface area contributed by atoms with Crippen molar-refractivity contribution in [2.24, 2.45) is 14.1 Å². The van der Waals surface area contributed by atoms with Crippen molar-refractivity contribution in [1.29, 1.82) is 0 Å². The lowest BCUT2D eigenvalue weighted by Gasteiger charge is -2.17. The van der Waals surface area contributed by atoms with E-state index in [1.165, 1.54) is 30.9 Å². The number of nitrogens with one attached hydrogen (secondary N) is 2. The molecule has 0 unspecified atom stereocenters. The number of benzene rings is 2. The fourth-order valence-electron chi connectivity index (χ4n) is 3.83. The van der Waals surface area contributed by atoms with E-state index in [2.05, 4.69) is 10.3 Å². The molecule has 1 amide bonds. The first-order chi connectivity index (χ1) is 15.3. The first-order valence-electron chi connectivity index (χ1n) is 9.95. The lowest BCUT2D eigenvalue weighted by molar-refractivity contribution is -0.142. The molecule has 0 saturated heterocycles. The molecule has 0 spiro atoms. The number of ether oxygens (including phenoxy) is 1. The maximum atomic E-state index is 13.0. The standard InChI is InChI=1S/C23H22N4O5/c1-26-19-9-8-13(10-16(19)21(29)27(2)23(26)31)20(28)25-18(22(30)32-3)11-14-12-24-17-7-5-4-6-15(14)17/h4-10,12,18,24H,11H2,1-3H3,(H,25,28)/t18-/m1/s1. The van der Waals surface area contributed by atoms with Gasteiger partial charge in [0.2, 0.25) is 0 Å². The van der Waals surface area contributed by atoms with Crippen LogP contribution in [0.1, 0.15) is 15.9 Å². The third kappa shape index (κ3) is 3.58. The number of aromatic nitrogens is 3. The third-order valence-corrected chi connectivity index (χ3v) is 5.62. The Labute approximate surface area is 182 Å². The predicted molar refractivity (Wildman–Crippen MR) is 120 cm³/mol. The molecule has 0 aliphatic carbocycles. The summed E-state index contributed by atoms with van der Waals surface area (Å²) in [5.74, 6) is -1.11. The van der Waals surface area contributed by atoms with Gasteiger partial charge in [-0.3, -0.25) is 18.7 Å². The number of fused-ring (bicyclic) bond motifs is 2. The molecule has 32 heavy (non-hydrogen) atoms. The van der Waals surface area contributed by atoms with E-state index >= 15 is 0 Å². The van der Waals surface area contributed by atoms with Crippen molar-refractivity contribution in [3.05, 3.63) is 80.6 Å². The minimum Gasteiger partial charge on any atom is -0.467 e. The van der Waals surface area contributed by atoms with Crippen molar-refractivity contribution in [3.8, 4) is 0 Å². The highest BCUT2D eigenvalue weighted by molar-refractivity contribution is 6.00. The Morgan fingerprint density at radius 1 is 1.06 bits per heavy atom. The van der Waals surface area contributed by atoms with E-state index in [1.807, 2.05) is 24.3 Å². The van der Waals surface area contributed by atoms with Crippen molar-refractivity contribution in [1.82, 2.24) is 19.4 Å². The molecule has 0 fully saturated rings. The molecule has 0 aliphatic rings. The van der Waals surface area contributed by atoms with E-state index < -0.39 is 29.2 Å². The first kappa shape index (κ1) is 21.1. The summed E-state index contributed by atoms with van der Waals surface area (Å²) in [7, 11) is 4.20. The van der Waals surface area contributed by atoms with Crippen LogP contribution in [-0.2, 0) is 30.0 Å². The van der Waals surface area contributed by atoms with Crippen LogP contribution in [0.15, 0.2) is 58.3 Å². The topological polar surface area (TPSA) is 115 Å². The fraction of sp³-hybridized carbons (Fsp3) is 0.217. The molecular formula is C23H22N4O5. The van der Waals surface area contributed by atoms with Gasteiger partial charge in [-0.05, 0) is 29.8 Å². The van der Waals surface area contributed by atoms with Crippen molar-refractivity contribution < 1.29 is 14.3 Å². The number of esters is 1. The molecule has 2 heterocycles. The Morgan fingerprint density at radius 2 is 1.81 bits per heavy atom. The number of carbonyl (C=O) groups excluding carboxylic acids is 2. The minimum absolute atomic E-state index is 0.195. The quantitative estimate of drug-likeness (QED) is 0.459. The number of carbonyl (C=O) groups is 2. The molecule has 0 bridgehead atoms. The average molecular weight is 434 g/mol. The summed E-state index contributed by atoms with van der Waals surface area (Å²) in [4.78, 5) is 53.1. The zero-order valence-corrected chi connectivity index (χ0v) is 17.8. The average Bonchev–Trinajstić information content (AvgIpc) is 3.22. The number of hydrogen-bond acceptors (Lipinski definition) is 5. The molecule has 2 aromatic heterocycles. The summed E-state index contributed by atoms with van der Waals surface area (Å²) in [5, 5.41) is 3.89. The monoisotopic (exact) mass is 434 g/mol. The number of nitrogens with zero attached hydrogens (tertiary/aromatic N) is 2. The highest BCUT2D eigenvalue weighted by Crippen LogP contribution is 2.20. The van der Waals surface area contributed by atoms with Crippen LogP contribution in [-0.4, -0.2) is 39.1 Å². The number of amides is 1. The van der Waals surface area contributed by atoms with E-state index in [0.29, 0.717) is 5.52 Å². The van der Waals surface area contributed by atoms with Crippen molar-refractivity contribution >= 4 is 33.7 Å². The number of methoxy groups -OCH3 is 1. The van der Waals surface area contributed by atoms with Crippen LogP contribution in [0.2, 0.25) is 0 Å². The molecule has 0 saturated carbocycles. The fourth-order valence-corrected chi connectivity index (χ4v) is 3.83. The predicted octanol–water partition coefficient (Wildman–Crippen LogP) is 1.23. The molecule has 0 radical (unpaired) electrons. The van der Waals surface area contributed by atoms with Gasteiger partial charge in [0.25, 0.3) is 11.5 Å². The smallest absolute Gasteiger partial charge is 0.330 e. The number of hydrogen-bond donors (Lipinski definition) is 2. The lowest BCUT2D eigenvalue weighted by Crippen LogP contribution is -2.43. The zero-order chi connectivity index (χ0) is 23.0. The lowest BCUT2D eigenvalue weighted by atomic mass is 10.0. The van der Waals surface area contributed by atoms with Crippen molar-refractivity contribution in [2.75, 3.05) is 7.11 Å². The van der Waals surface area contributed by atoms with Crippen molar-refractivity contribution in [3.63, 3.8) is 0 Å². The summed E-state index contributed by atoms with van der Waals surface area (Å²) in [6, 6.07) is 11.2. The Bertz CT molecular complexity index is 1480. The Balaban J connectivity index is 1.66. The second-order valence-corrected chi connectivity index (χ2v) is 7.55. The van der Waals surface area contributed by atoms with Gasteiger partial charge in [0.05, 0.1) is 18.0 Å². The van der Waals surface area contributed by atoms with Gasteiger partial charge < -0.3 is 15.0 Å². The summed E-state index contributed by atoms with van der Waals surface area (Å²) >= 11 is 0. The Morgan fingerprint density at radius 3 is 2.56 bits per heavy atom. The number of rotatable bonds is 5. The highest BCUT2D eigenvalue weighted by atomic mass is 16.5. The summed E-state index contributed by atoms with van der Waals surface area (Å²) < 4.78 is 7.21. The normalized spacial score (nSPS) is 12.1. The second kappa shape index (κ2) is 8.18. The van der Waals surface area contributed by atoms with E-state index in [0.717, 1.165) is 21.0 Å². The molecule has 2 N–H and O–H groups in total. The summed E-state index contributed by atoms with van der Waals surface area (Å²) in [5.41, 5.74) is 1.44. The highest BCUT2D eigenvalue weighted by Gasteiger charge is 2.24. The number of para-hydroxylation sites is 1. The molecule has 9 nitrogen and oxygen atoms in total. The van der Waals surface area contributed by atoms with E-state index in [4.69, 9.17) is 4.74 Å².